The predicted octanol–water partition coefficient (Wildman–Crippen LogP) is 3.12. The molecule has 0 saturated carbocycles. The maximum Gasteiger partial charge on any atom is 0.316 e. The Labute approximate surface area is 157 Å². The van der Waals surface area contributed by atoms with E-state index in [-0.39, 0.29) is 12.0 Å². The first kappa shape index (κ1) is 17.2. The molecule has 3 heterocycles. The maximum absolute atomic E-state index is 12.7. The number of nitrogens with zero attached hydrogens (tertiary/aromatic N) is 4. The van der Waals surface area contributed by atoms with Gasteiger partial charge in [0.25, 0.3) is 5.91 Å². The number of aryl methyl sites for hydroxylation is 1. The zero-order chi connectivity index (χ0) is 18.6. The molecule has 0 atom stereocenters. The fraction of sp³-hybridized carbons (Fsp3) is 0.300. The molecular weight excluding hydrogens is 344 g/mol. The lowest BCUT2D eigenvalue weighted by Gasteiger charge is -2.31. The Morgan fingerprint density at radius 3 is 2.56 bits per heavy atom. The van der Waals surface area contributed by atoms with E-state index in [1.807, 2.05) is 37.3 Å². The number of benzene rings is 1. The summed E-state index contributed by atoms with van der Waals surface area (Å²) < 4.78 is 11.1. The van der Waals surface area contributed by atoms with E-state index in [0.717, 1.165) is 24.0 Å². The second-order valence-electron chi connectivity index (χ2n) is 6.59. The van der Waals surface area contributed by atoms with Crippen LogP contribution >= 0.6 is 0 Å². The molecule has 0 spiro atoms. The van der Waals surface area contributed by atoms with Crippen molar-refractivity contribution in [3.05, 3.63) is 60.0 Å². The lowest BCUT2D eigenvalue weighted by molar-refractivity contribution is 0.0569. The Hall–Kier alpha value is -3.22. The van der Waals surface area contributed by atoms with Crippen LogP contribution in [0.15, 0.2) is 53.3 Å². The molecule has 1 amide bonds. The number of piperidine rings is 1. The molecule has 0 unspecified atom stereocenters. The van der Waals surface area contributed by atoms with E-state index >= 15 is 0 Å². The molecule has 27 heavy (non-hydrogen) atoms. The summed E-state index contributed by atoms with van der Waals surface area (Å²) in [5.74, 6) is 0.472. The Morgan fingerprint density at radius 1 is 1.15 bits per heavy atom. The summed E-state index contributed by atoms with van der Waals surface area (Å²) in [7, 11) is 0. The third-order valence-electron chi connectivity index (χ3n) is 4.55. The minimum absolute atomic E-state index is 0.00828. The second kappa shape index (κ2) is 7.57. The summed E-state index contributed by atoms with van der Waals surface area (Å²) in [6, 6.07) is 11.7. The number of amides is 1. The molecule has 0 bridgehead atoms. The highest BCUT2D eigenvalue weighted by Crippen LogP contribution is 2.22. The van der Waals surface area contributed by atoms with Crippen LogP contribution in [0.4, 0.5) is 0 Å². The van der Waals surface area contributed by atoms with E-state index in [1.165, 1.54) is 0 Å². The number of likely N-dealkylation sites (tertiary alicyclic amines) is 1. The lowest BCUT2D eigenvalue weighted by Crippen LogP contribution is -2.42. The zero-order valence-electron chi connectivity index (χ0n) is 15.0. The molecule has 3 aromatic rings. The highest BCUT2D eigenvalue weighted by molar-refractivity contribution is 5.93. The van der Waals surface area contributed by atoms with Crippen LogP contribution in [0.3, 0.4) is 0 Å². The Bertz CT molecular complexity index is 900. The molecule has 0 radical (unpaired) electrons. The van der Waals surface area contributed by atoms with Gasteiger partial charge in [-0.2, -0.15) is 0 Å². The van der Waals surface area contributed by atoms with Crippen LogP contribution in [0.25, 0.3) is 11.3 Å². The summed E-state index contributed by atoms with van der Waals surface area (Å²) in [5.41, 5.74) is 2.22. The van der Waals surface area contributed by atoms with Crippen LogP contribution in [-0.4, -0.2) is 45.1 Å². The molecule has 1 aliphatic heterocycles. The first-order valence-corrected chi connectivity index (χ1v) is 8.96. The van der Waals surface area contributed by atoms with E-state index < -0.39 is 0 Å². The van der Waals surface area contributed by atoms with Crippen molar-refractivity contribution in [2.24, 2.45) is 0 Å². The number of rotatable bonds is 4. The van der Waals surface area contributed by atoms with Gasteiger partial charge in [-0.25, -0.2) is 9.97 Å². The average Bonchev–Trinajstić information content (AvgIpc) is 3.21. The molecule has 0 aliphatic carbocycles. The standard InChI is InChI=1S/C20H20N4O3/c1-14-12-21-20(22-13-14)26-16-7-9-24(10-8-16)19(25)17-11-18(27-23-17)15-5-3-2-4-6-15/h2-6,11-13,16H,7-10H2,1H3. The highest BCUT2D eigenvalue weighted by atomic mass is 16.5. The molecule has 0 N–H and O–H groups in total. The fourth-order valence-corrected chi connectivity index (χ4v) is 3.04. The van der Waals surface area contributed by atoms with Crippen LogP contribution in [0.1, 0.15) is 28.9 Å². The van der Waals surface area contributed by atoms with Gasteiger partial charge in [-0.1, -0.05) is 35.5 Å². The third-order valence-corrected chi connectivity index (χ3v) is 4.55. The van der Waals surface area contributed by atoms with E-state index in [2.05, 4.69) is 15.1 Å². The first-order chi connectivity index (χ1) is 13.2. The van der Waals surface area contributed by atoms with Crippen molar-refractivity contribution in [1.29, 1.82) is 0 Å². The minimum Gasteiger partial charge on any atom is -0.460 e. The smallest absolute Gasteiger partial charge is 0.316 e. The molecule has 4 rings (SSSR count). The van der Waals surface area contributed by atoms with Crippen molar-refractivity contribution in [2.75, 3.05) is 13.1 Å². The van der Waals surface area contributed by atoms with Gasteiger partial charge >= 0.3 is 6.01 Å². The molecule has 1 saturated heterocycles. The summed E-state index contributed by atoms with van der Waals surface area (Å²) in [5, 5.41) is 3.95. The summed E-state index contributed by atoms with van der Waals surface area (Å²) in [6.45, 7) is 3.13. The van der Waals surface area contributed by atoms with Gasteiger partial charge in [0.2, 0.25) is 0 Å². The largest absolute Gasteiger partial charge is 0.460 e. The molecule has 2 aromatic heterocycles. The van der Waals surface area contributed by atoms with E-state index in [9.17, 15) is 4.79 Å². The van der Waals surface area contributed by atoms with Crippen LogP contribution < -0.4 is 4.74 Å². The number of ether oxygens (including phenoxy) is 1. The van der Waals surface area contributed by atoms with E-state index in [0.29, 0.717) is 30.6 Å². The van der Waals surface area contributed by atoms with Crippen LogP contribution in [-0.2, 0) is 0 Å². The Balaban J connectivity index is 1.35. The number of carbonyl (C=O) groups excluding carboxylic acids is 1. The third kappa shape index (κ3) is 3.97. The molecule has 7 nitrogen and oxygen atoms in total. The zero-order valence-corrected chi connectivity index (χ0v) is 15.0. The van der Waals surface area contributed by atoms with Crippen molar-refractivity contribution < 1.29 is 14.1 Å². The summed E-state index contributed by atoms with van der Waals surface area (Å²) in [6.07, 6.45) is 4.93. The molecule has 1 aromatic carbocycles. The summed E-state index contributed by atoms with van der Waals surface area (Å²) >= 11 is 0. The highest BCUT2D eigenvalue weighted by Gasteiger charge is 2.27. The lowest BCUT2D eigenvalue weighted by atomic mass is 10.1. The molecule has 7 heteroatoms. The number of hydrogen-bond acceptors (Lipinski definition) is 6. The SMILES string of the molecule is Cc1cnc(OC2CCN(C(=O)c3cc(-c4ccccc4)on3)CC2)nc1. The van der Waals surface area contributed by atoms with E-state index in [1.54, 1.807) is 23.4 Å². The van der Waals surface area contributed by atoms with E-state index in [4.69, 9.17) is 9.26 Å². The molecule has 138 valence electrons. The first-order valence-electron chi connectivity index (χ1n) is 8.96. The van der Waals surface area contributed by atoms with Crippen molar-refractivity contribution in [3.63, 3.8) is 0 Å². The maximum atomic E-state index is 12.7. The number of hydrogen-bond donors (Lipinski definition) is 0. The number of aromatic nitrogens is 3. The van der Waals surface area contributed by atoms with Gasteiger partial charge in [0.15, 0.2) is 11.5 Å². The van der Waals surface area contributed by atoms with Crippen molar-refractivity contribution >= 4 is 5.91 Å². The molecule has 1 fully saturated rings. The summed E-state index contributed by atoms with van der Waals surface area (Å²) in [4.78, 5) is 22.8. The van der Waals surface area contributed by atoms with Gasteiger partial charge < -0.3 is 14.2 Å². The van der Waals surface area contributed by atoms with Crippen LogP contribution in [0.5, 0.6) is 6.01 Å². The van der Waals surface area contributed by atoms with Gasteiger partial charge in [0.05, 0.1) is 0 Å². The quantitative estimate of drug-likeness (QED) is 0.707. The average molecular weight is 364 g/mol. The minimum atomic E-state index is -0.119. The Kier molecular flexibility index (Phi) is 4.82. The van der Waals surface area contributed by atoms with Crippen molar-refractivity contribution in [3.8, 4) is 17.3 Å². The van der Waals surface area contributed by atoms with Crippen LogP contribution in [0, 0.1) is 6.92 Å². The fourth-order valence-electron chi connectivity index (χ4n) is 3.04. The molecular formula is C20H20N4O3. The predicted molar refractivity (Wildman–Crippen MR) is 98.3 cm³/mol. The molecule has 1 aliphatic rings. The van der Waals surface area contributed by atoms with Crippen molar-refractivity contribution in [1.82, 2.24) is 20.0 Å². The van der Waals surface area contributed by atoms with Crippen molar-refractivity contribution in [2.45, 2.75) is 25.9 Å². The number of carbonyl (C=O) groups is 1. The van der Waals surface area contributed by atoms with Gasteiger partial charge in [0.1, 0.15) is 6.10 Å². The van der Waals surface area contributed by atoms with Crippen LogP contribution in [0.2, 0.25) is 0 Å². The second-order valence-corrected chi connectivity index (χ2v) is 6.59. The topological polar surface area (TPSA) is 81.4 Å². The van der Waals surface area contributed by atoms with Gasteiger partial charge in [-0.15, -0.1) is 0 Å². The Morgan fingerprint density at radius 2 is 1.85 bits per heavy atom. The van der Waals surface area contributed by atoms with Gasteiger partial charge in [-0.05, 0) is 12.5 Å². The monoisotopic (exact) mass is 364 g/mol. The van der Waals surface area contributed by atoms with Gasteiger partial charge in [-0.3, -0.25) is 4.79 Å². The van der Waals surface area contributed by atoms with Gasteiger partial charge in [0, 0.05) is 50.0 Å². The normalized spacial score (nSPS) is 14.9.